The van der Waals surface area contributed by atoms with Gasteiger partial charge in [0.25, 0.3) is 0 Å². The fourth-order valence-corrected chi connectivity index (χ4v) is 2.30. The Morgan fingerprint density at radius 1 is 1.14 bits per heavy atom. The first kappa shape index (κ1) is 15.8. The molecule has 4 nitrogen and oxygen atoms in total. The van der Waals surface area contributed by atoms with Crippen LogP contribution in [-0.2, 0) is 6.42 Å². The number of anilines is 1. The third kappa shape index (κ3) is 3.94. The molecule has 21 heavy (non-hydrogen) atoms. The molecule has 0 amide bonds. The van der Waals surface area contributed by atoms with Gasteiger partial charge in [0, 0.05) is 24.0 Å². The highest BCUT2D eigenvalue weighted by molar-refractivity contribution is 9.10. The summed E-state index contributed by atoms with van der Waals surface area (Å²) in [6.45, 7) is 6.20. The van der Waals surface area contributed by atoms with Crippen LogP contribution in [0.3, 0.4) is 0 Å². The Hall–Kier alpha value is -1.62. The molecule has 0 aliphatic heterocycles. The van der Waals surface area contributed by atoms with Crippen molar-refractivity contribution in [3.8, 4) is 11.6 Å². The van der Waals surface area contributed by atoms with E-state index in [0.717, 1.165) is 45.8 Å². The maximum Gasteiger partial charge on any atom is 0.224 e. The van der Waals surface area contributed by atoms with E-state index in [1.165, 1.54) is 0 Å². The number of ether oxygens (including phenoxy) is 1. The lowest BCUT2D eigenvalue weighted by atomic mass is 10.1. The molecular formula is C16H20BrN3O. The van der Waals surface area contributed by atoms with Gasteiger partial charge in [-0.05, 0) is 43.5 Å². The molecule has 1 heterocycles. The van der Waals surface area contributed by atoms with E-state index in [-0.39, 0.29) is 0 Å². The Morgan fingerprint density at radius 2 is 1.81 bits per heavy atom. The monoisotopic (exact) mass is 349 g/mol. The van der Waals surface area contributed by atoms with Gasteiger partial charge in [0.2, 0.25) is 5.88 Å². The number of hydrogen-bond donors (Lipinski definition) is 1. The maximum absolute atomic E-state index is 5.91. The first-order chi connectivity index (χ1) is 10.0. The minimum absolute atomic E-state index is 0.568. The zero-order valence-corrected chi connectivity index (χ0v) is 14.4. The number of aromatic nitrogens is 2. The zero-order chi connectivity index (χ0) is 15.4. The molecule has 0 spiro atoms. The van der Waals surface area contributed by atoms with Crippen LogP contribution in [0.1, 0.15) is 30.3 Å². The Morgan fingerprint density at radius 3 is 2.38 bits per heavy atom. The highest BCUT2D eigenvalue weighted by Crippen LogP contribution is 2.29. The average molecular weight is 350 g/mol. The summed E-state index contributed by atoms with van der Waals surface area (Å²) in [6, 6.07) is 5.81. The van der Waals surface area contributed by atoms with Crippen molar-refractivity contribution in [2.75, 3.05) is 12.4 Å². The Bertz CT molecular complexity index is 620. The highest BCUT2D eigenvalue weighted by Gasteiger charge is 2.08. The molecule has 0 aliphatic rings. The Balaban J connectivity index is 2.32. The zero-order valence-electron chi connectivity index (χ0n) is 12.8. The molecule has 0 unspecified atom stereocenters. The SMILES string of the molecule is CCCc1nc(NC)cc(Oc2cc(C)c(Br)c(C)c2)n1. The fraction of sp³-hybridized carbons (Fsp3) is 0.375. The van der Waals surface area contributed by atoms with Gasteiger partial charge in [0.15, 0.2) is 0 Å². The van der Waals surface area contributed by atoms with Crippen LogP contribution in [0.15, 0.2) is 22.7 Å². The van der Waals surface area contributed by atoms with Crippen molar-refractivity contribution in [2.24, 2.45) is 0 Å². The van der Waals surface area contributed by atoms with E-state index in [1.807, 2.05) is 39.1 Å². The van der Waals surface area contributed by atoms with Gasteiger partial charge in [-0.25, -0.2) is 4.98 Å². The van der Waals surface area contributed by atoms with Crippen LogP contribution < -0.4 is 10.1 Å². The molecule has 1 aromatic heterocycles. The molecule has 0 bridgehead atoms. The largest absolute Gasteiger partial charge is 0.439 e. The molecule has 0 radical (unpaired) electrons. The van der Waals surface area contributed by atoms with Gasteiger partial charge in [-0.15, -0.1) is 0 Å². The van der Waals surface area contributed by atoms with Crippen LogP contribution >= 0.6 is 15.9 Å². The normalized spacial score (nSPS) is 10.5. The topological polar surface area (TPSA) is 47.0 Å². The summed E-state index contributed by atoms with van der Waals surface area (Å²) in [7, 11) is 1.84. The highest BCUT2D eigenvalue weighted by atomic mass is 79.9. The summed E-state index contributed by atoms with van der Waals surface area (Å²) in [5.74, 6) is 2.93. The van der Waals surface area contributed by atoms with Gasteiger partial charge in [-0.3, -0.25) is 0 Å². The quantitative estimate of drug-likeness (QED) is 0.853. The van der Waals surface area contributed by atoms with Crippen molar-refractivity contribution in [1.82, 2.24) is 9.97 Å². The molecule has 0 aliphatic carbocycles. The van der Waals surface area contributed by atoms with Gasteiger partial charge in [0.05, 0.1) is 0 Å². The molecule has 2 aromatic rings. The third-order valence-electron chi connectivity index (χ3n) is 3.11. The summed E-state index contributed by atoms with van der Waals surface area (Å²) >= 11 is 3.56. The number of nitrogens with one attached hydrogen (secondary N) is 1. The fourth-order valence-electron chi connectivity index (χ4n) is 2.07. The number of halogens is 1. The van der Waals surface area contributed by atoms with Crippen molar-refractivity contribution < 1.29 is 4.74 Å². The second kappa shape index (κ2) is 6.89. The number of nitrogens with zero attached hydrogens (tertiary/aromatic N) is 2. The molecule has 0 saturated carbocycles. The number of benzene rings is 1. The smallest absolute Gasteiger partial charge is 0.224 e. The molecule has 2 rings (SSSR count). The average Bonchev–Trinajstić information content (AvgIpc) is 2.44. The van der Waals surface area contributed by atoms with Crippen LogP contribution in [0.4, 0.5) is 5.82 Å². The van der Waals surface area contributed by atoms with Crippen molar-refractivity contribution in [1.29, 1.82) is 0 Å². The van der Waals surface area contributed by atoms with Crippen molar-refractivity contribution in [3.05, 3.63) is 39.6 Å². The van der Waals surface area contributed by atoms with E-state index < -0.39 is 0 Å². The molecule has 0 atom stereocenters. The van der Waals surface area contributed by atoms with Gasteiger partial charge in [-0.2, -0.15) is 4.98 Å². The molecule has 112 valence electrons. The minimum Gasteiger partial charge on any atom is -0.439 e. The Labute approximate surface area is 134 Å². The predicted molar refractivity (Wildman–Crippen MR) is 89.3 cm³/mol. The first-order valence-electron chi connectivity index (χ1n) is 7.03. The van der Waals surface area contributed by atoms with Crippen LogP contribution in [0.5, 0.6) is 11.6 Å². The summed E-state index contributed by atoms with van der Waals surface area (Å²) < 4.78 is 7.02. The van der Waals surface area contributed by atoms with Crippen molar-refractivity contribution in [2.45, 2.75) is 33.6 Å². The molecule has 0 fully saturated rings. The summed E-state index contributed by atoms with van der Waals surface area (Å²) in [5, 5.41) is 3.05. The molecular weight excluding hydrogens is 330 g/mol. The minimum atomic E-state index is 0.568. The second-order valence-corrected chi connectivity index (χ2v) is 5.77. The van der Waals surface area contributed by atoms with Gasteiger partial charge < -0.3 is 10.1 Å². The van der Waals surface area contributed by atoms with Gasteiger partial charge in [0.1, 0.15) is 17.4 Å². The van der Waals surface area contributed by atoms with Gasteiger partial charge >= 0.3 is 0 Å². The van der Waals surface area contributed by atoms with Gasteiger partial charge in [-0.1, -0.05) is 22.9 Å². The number of rotatable bonds is 5. The van der Waals surface area contributed by atoms with Crippen LogP contribution in [0.2, 0.25) is 0 Å². The van der Waals surface area contributed by atoms with E-state index >= 15 is 0 Å². The second-order valence-electron chi connectivity index (χ2n) is 4.98. The third-order valence-corrected chi connectivity index (χ3v) is 4.36. The van der Waals surface area contributed by atoms with Crippen molar-refractivity contribution in [3.63, 3.8) is 0 Å². The van der Waals surface area contributed by atoms with Crippen LogP contribution in [-0.4, -0.2) is 17.0 Å². The lowest BCUT2D eigenvalue weighted by Gasteiger charge is -2.11. The van der Waals surface area contributed by atoms with E-state index in [1.54, 1.807) is 0 Å². The lowest BCUT2D eigenvalue weighted by molar-refractivity contribution is 0.458. The van der Waals surface area contributed by atoms with Crippen LogP contribution in [0.25, 0.3) is 0 Å². The molecule has 5 heteroatoms. The summed E-state index contributed by atoms with van der Waals surface area (Å²) in [5.41, 5.74) is 2.28. The van der Waals surface area contributed by atoms with Crippen LogP contribution in [0, 0.1) is 13.8 Å². The lowest BCUT2D eigenvalue weighted by Crippen LogP contribution is -2.02. The molecule has 1 N–H and O–H groups in total. The van der Waals surface area contributed by atoms with Crippen molar-refractivity contribution >= 4 is 21.7 Å². The molecule has 0 saturated heterocycles. The predicted octanol–water partition coefficient (Wildman–Crippen LogP) is 4.64. The van der Waals surface area contributed by atoms with E-state index in [2.05, 4.69) is 38.1 Å². The number of aryl methyl sites for hydroxylation is 3. The number of hydrogen-bond acceptors (Lipinski definition) is 4. The standard InChI is InChI=1S/C16H20BrN3O/c1-5-6-13-19-14(18-4)9-15(20-13)21-12-7-10(2)16(17)11(3)8-12/h7-9H,5-6H2,1-4H3,(H,18,19,20). The molecule has 1 aromatic carbocycles. The summed E-state index contributed by atoms with van der Waals surface area (Å²) in [4.78, 5) is 8.89. The summed E-state index contributed by atoms with van der Waals surface area (Å²) in [6.07, 6.45) is 1.84. The maximum atomic E-state index is 5.91. The van der Waals surface area contributed by atoms with E-state index in [9.17, 15) is 0 Å². The first-order valence-corrected chi connectivity index (χ1v) is 7.83. The Kier molecular flexibility index (Phi) is 5.17. The van der Waals surface area contributed by atoms with E-state index in [4.69, 9.17) is 4.74 Å². The van der Waals surface area contributed by atoms with E-state index in [0.29, 0.717) is 5.88 Å².